The van der Waals surface area contributed by atoms with Crippen LogP contribution in [0.4, 0.5) is 0 Å². The highest BCUT2D eigenvalue weighted by atomic mass is 16.3. The van der Waals surface area contributed by atoms with Crippen molar-refractivity contribution in [2.45, 2.75) is 50.5 Å². The first-order valence-corrected chi connectivity index (χ1v) is 5.73. The fourth-order valence-electron chi connectivity index (χ4n) is 2.19. The summed E-state index contributed by atoms with van der Waals surface area (Å²) in [7, 11) is 0. The molecule has 1 N–H and O–H groups in total. The Bertz CT molecular complexity index is 159. The van der Waals surface area contributed by atoms with Crippen molar-refractivity contribution in [2.24, 2.45) is 0 Å². The van der Waals surface area contributed by atoms with Gasteiger partial charge in [0.2, 0.25) is 0 Å². The first-order chi connectivity index (χ1) is 6.29. The van der Waals surface area contributed by atoms with Gasteiger partial charge in [-0.25, -0.2) is 0 Å². The molecule has 0 aromatic heterocycles. The third kappa shape index (κ3) is 2.96. The lowest BCUT2D eigenvalue weighted by Crippen LogP contribution is -2.20. The van der Waals surface area contributed by atoms with Crippen LogP contribution in [0.15, 0.2) is 0 Å². The summed E-state index contributed by atoms with van der Waals surface area (Å²) in [5, 5.41) is 9.61. The number of hydrogen-bond donors (Lipinski definition) is 1. The SMILES string of the molecule is OC1(CCCCN2CCCC2)CC1. The summed E-state index contributed by atoms with van der Waals surface area (Å²) >= 11 is 0. The van der Waals surface area contributed by atoms with E-state index in [0.29, 0.717) is 0 Å². The second kappa shape index (κ2) is 3.97. The summed E-state index contributed by atoms with van der Waals surface area (Å²) in [6, 6.07) is 0. The van der Waals surface area contributed by atoms with Crippen molar-refractivity contribution in [3.8, 4) is 0 Å². The first kappa shape index (κ1) is 9.47. The zero-order valence-corrected chi connectivity index (χ0v) is 8.47. The van der Waals surface area contributed by atoms with E-state index < -0.39 is 0 Å². The predicted molar refractivity (Wildman–Crippen MR) is 53.7 cm³/mol. The van der Waals surface area contributed by atoms with E-state index in [1.807, 2.05) is 0 Å². The molecule has 2 aliphatic rings. The molecule has 2 rings (SSSR count). The van der Waals surface area contributed by atoms with Crippen LogP contribution < -0.4 is 0 Å². The second-order valence-corrected chi connectivity index (χ2v) is 4.73. The minimum atomic E-state index is -0.217. The molecule has 1 heterocycles. The van der Waals surface area contributed by atoms with Crippen LogP contribution >= 0.6 is 0 Å². The van der Waals surface area contributed by atoms with E-state index in [-0.39, 0.29) is 5.60 Å². The van der Waals surface area contributed by atoms with Crippen LogP contribution in [-0.4, -0.2) is 35.2 Å². The maximum absolute atomic E-state index is 9.61. The van der Waals surface area contributed by atoms with Gasteiger partial charge in [-0.3, -0.25) is 0 Å². The Kier molecular flexibility index (Phi) is 2.89. The molecule has 76 valence electrons. The number of likely N-dealkylation sites (tertiary alicyclic amines) is 1. The van der Waals surface area contributed by atoms with E-state index in [2.05, 4.69) is 4.90 Å². The zero-order chi connectivity index (χ0) is 9.15. The average molecular weight is 183 g/mol. The third-order valence-corrected chi connectivity index (χ3v) is 3.39. The molecule has 0 atom stereocenters. The maximum atomic E-state index is 9.61. The van der Waals surface area contributed by atoms with Gasteiger partial charge in [-0.15, -0.1) is 0 Å². The van der Waals surface area contributed by atoms with Crippen LogP contribution in [0.25, 0.3) is 0 Å². The molecule has 0 unspecified atom stereocenters. The summed E-state index contributed by atoms with van der Waals surface area (Å²) in [4.78, 5) is 2.55. The summed E-state index contributed by atoms with van der Waals surface area (Å²) in [6.45, 7) is 3.88. The zero-order valence-electron chi connectivity index (χ0n) is 8.47. The van der Waals surface area contributed by atoms with Gasteiger partial charge < -0.3 is 10.0 Å². The molecule has 2 nitrogen and oxygen atoms in total. The van der Waals surface area contributed by atoms with Crippen molar-refractivity contribution in [1.29, 1.82) is 0 Å². The predicted octanol–water partition coefficient (Wildman–Crippen LogP) is 1.78. The van der Waals surface area contributed by atoms with Gasteiger partial charge in [0.25, 0.3) is 0 Å². The van der Waals surface area contributed by atoms with Gasteiger partial charge in [0.05, 0.1) is 5.60 Å². The van der Waals surface area contributed by atoms with Gasteiger partial charge in [-0.2, -0.15) is 0 Å². The first-order valence-electron chi connectivity index (χ1n) is 5.73. The minimum absolute atomic E-state index is 0.217. The topological polar surface area (TPSA) is 23.5 Å². The Morgan fingerprint density at radius 3 is 2.38 bits per heavy atom. The van der Waals surface area contributed by atoms with Crippen LogP contribution in [0.2, 0.25) is 0 Å². The highest BCUT2D eigenvalue weighted by molar-refractivity contribution is 4.92. The van der Waals surface area contributed by atoms with Crippen molar-refractivity contribution in [3.63, 3.8) is 0 Å². The van der Waals surface area contributed by atoms with Crippen LogP contribution in [0.3, 0.4) is 0 Å². The third-order valence-electron chi connectivity index (χ3n) is 3.39. The molecule has 0 spiro atoms. The molecule has 1 saturated carbocycles. The van der Waals surface area contributed by atoms with Crippen molar-refractivity contribution in [1.82, 2.24) is 4.90 Å². The molecule has 2 fully saturated rings. The number of rotatable bonds is 5. The molecule has 0 radical (unpaired) electrons. The number of aliphatic hydroxyl groups is 1. The molecular formula is C11H21NO. The van der Waals surface area contributed by atoms with Gasteiger partial charge in [0, 0.05) is 0 Å². The van der Waals surface area contributed by atoms with E-state index in [9.17, 15) is 5.11 Å². The van der Waals surface area contributed by atoms with E-state index >= 15 is 0 Å². The number of unbranched alkanes of at least 4 members (excludes halogenated alkanes) is 1. The Morgan fingerprint density at radius 2 is 1.77 bits per heavy atom. The highest BCUT2D eigenvalue weighted by Crippen LogP contribution is 2.39. The fourth-order valence-corrected chi connectivity index (χ4v) is 2.19. The molecule has 13 heavy (non-hydrogen) atoms. The van der Waals surface area contributed by atoms with Gasteiger partial charge in [0.15, 0.2) is 0 Å². The summed E-state index contributed by atoms with van der Waals surface area (Å²) in [6.07, 6.45) is 8.43. The Hall–Kier alpha value is -0.0800. The molecular weight excluding hydrogens is 162 g/mol. The Morgan fingerprint density at radius 1 is 1.08 bits per heavy atom. The van der Waals surface area contributed by atoms with Crippen molar-refractivity contribution < 1.29 is 5.11 Å². The van der Waals surface area contributed by atoms with Gasteiger partial charge in [-0.1, -0.05) is 0 Å². The average Bonchev–Trinajstić information content (AvgIpc) is 2.69. The van der Waals surface area contributed by atoms with Gasteiger partial charge in [0.1, 0.15) is 0 Å². The monoisotopic (exact) mass is 183 g/mol. The largest absolute Gasteiger partial charge is 0.390 e. The summed E-state index contributed by atoms with van der Waals surface area (Å²) < 4.78 is 0. The number of hydrogen-bond acceptors (Lipinski definition) is 2. The van der Waals surface area contributed by atoms with E-state index in [0.717, 1.165) is 19.3 Å². The maximum Gasteiger partial charge on any atom is 0.0650 e. The van der Waals surface area contributed by atoms with Crippen LogP contribution in [-0.2, 0) is 0 Å². The molecule has 2 heteroatoms. The Balaban J connectivity index is 1.48. The molecule has 1 saturated heterocycles. The fraction of sp³-hybridized carbons (Fsp3) is 1.00. The van der Waals surface area contributed by atoms with E-state index in [1.54, 1.807) is 0 Å². The normalized spacial score (nSPS) is 26.5. The molecule has 0 amide bonds. The number of nitrogens with zero attached hydrogens (tertiary/aromatic N) is 1. The van der Waals surface area contributed by atoms with Crippen LogP contribution in [0.1, 0.15) is 44.9 Å². The van der Waals surface area contributed by atoms with Crippen molar-refractivity contribution >= 4 is 0 Å². The van der Waals surface area contributed by atoms with E-state index in [1.165, 1.54) is 45.3 Å². The molecule has 0 aromatic carbocycles. The summed E-state index contributed by atoms with van der Waals surface area (Å²) in [5.74, 6) is 0. The molecule has 1 aliphatic carbocycles. The van der Waals surface area contributed by atoms with Gasteiger partial charge >= 0.3 is 0 Å². The van der Waals surface area contributed by atoms with Gasteiger partial charge in [-0.05, 0) is 64.6 Å². The highest BCUT2D eigenvalue weighted by Gasteiger charge is 2.39. The smallest absolute Gasteiger partial charge is 0.0650 e. The lowest BCUT2D eigenvalue weighted by molar-refractivity contribution is 0.135. The lowest BCUT2D eigenvalue weighted by atomic mass is 10.1. The lowest BCUT2D eigenvalue weighted by Gasteiger charge is -2.14. The van der Waals surface area contributed by atoms with Crippen molar-refractivity contribution in [3.05, 3.63) is 0 Å². The van der Waals surface area contributed by atoms with Crippen LogP contribution in [0.5, 0.6) is 0 Å². The standard InChI is InChI=1S/C11H21NO/c13-11(6-7-11)5-1-2-8-12-9-3-4-10-12/h13H,1-10H2. The minimum Gasteiger partial charge on any atom is -0.390 e. The Labute approximate surface area is 80.9 Å². The van der Waals surface area contributed by atoms with E-state index in [4.69, 9.17) is 0 Å². The molecule has 0 bridgehead atoms. The quantitative estimate of drug-likeness (QED) is 0.657. The molecule has 1 aliphatic heterocycles. The molecule has 0 aromatic rings. The second-order valence-electron chi connectivity index (χ2n) is 4.73. The van der Waals surface area contributed by atoms with Crippen LogP contribution in [0, 0.1) is 0 Å². The summed E-state index contributed by atoms with van der Waals surface area (Å²) in [5.41, 5.74) is -0.217. The van der Waals surface area contributed by atoms with Crippen molar-refractivity contribution in [2.75, 3.05) is 19.6 Å².